The summed E-state index contributed by atoms with van der Waals surface area (Å²) in [5, 5.41) is 2.55. The van der Waals surface area contributed by atoms with Crippen LogP contribution in [0.3, 0.4) is 0 Å². The van der Waals surface area contributed by atoms with Crippen molar-refractivity contribution in [1.82, 2.24) is 18.9 Å². The molecule has 8 heteroatoms. The van der Waals surface area contributed by atoms with Crippen LogP contribution in [0.2, 0.25) is 0 Å². The van der Waals surface area contributed by atoms with Gasteiger partial charge >= 0.3 is 11.2 Å². The van der Waals surface area contributed by atoms with Gasteiger partial charge in [-0.3, -0.25) is 24.0 Å². The molecule has 0 aliphatic rings. The first-order valence-electron chi connectivity index (χ1n) is 5.43. The topological polar surface area (TPSA) is 98.9 Å². The first-order valence-corrected chi connectivity index (χ1v) is 5.43. The van der Waals surface area contributed by atoms with E-state index in [1.807, 2.05) is 0 Å². The van der Waals surface area contributed by atoms with Gasteiger partial charge in [0.2, 0.25) is 5.43 Å². The lowest BCUT2D eigenvalue weighted by molar-refractivity contribution is 0.655. The summed E-state index contributed by atoms with van der Waals surface area (Å²) in [6.45, 7) is 1.49. The van der Waals surface area contributed by atoms with Crippen LogP contribution in [0.4, 0.5) is 0 Å². The molecular formula is C11H12N4O4. The van der Waals surface area contributed by atoms with Crippen molar-refractivity contribution in [2.45, 2.75) is 6.92 Å². The largest absolute Gasteiger partial charge is 0.330 e. The van der Waals surface area contributed by atoms with Crippen LogP contribution in [0.25, 0.3) is 5.69 Å². The Labute approximate surface area is 106 Å². The Morgan fingerprint density at radius 2 is 1.68 bits per heavy atom. The molecule has 2 rings (SSSR count). The predicted molar refractivity (Wildman–Crippen MR) is 67.9 cm³/mol. The smallest absolute Gasteiger partial charge is 0.301 e. The lowest BCUT2D eigenvalue weighted by atomic mass is 10.3. The van der Waals surface area contributed by atoms with E-state index in [9.17, 15) is 19.2 Å². The van der Waals surface area contributed by atoms with Gasteiger partial charge in [0.15, 0.2) is 0 Å². The molecule has 0 saturated carbocycles. The van der Waals surface area contributed by atoms with Gasteiger partial charge in [-0.15, -0.1) is 0 Å². The summed E-state index contributed by atoms with van der Waals surface area (Å²) in [5.41, 5.74) is -2.58. The molecule has 1 N–H and O–H groups in total. The van der Waals surface area contributed by atoms with E-state index in [0.717, 1.165) is 13.8 Å². The fraction of sp³-hybridized carbons (Fsp3) is 0.273. The molecule has 2 aromatic heterocycles. The Morgan fingerprint density at radius 1 is 1.05 bits per heavy atom. The number of hydrogen-bond acceptors (Lipinski definition) is 4. The molecule has 0 fully saturated rings. The van der Waals surface area contributed by atoms with Crippen LogP contribution in [0.15, 0.2) is 31.6 Å². The van der Waals surface area contributed by atoms with E-state index < -0.39 is 22.2 Å². The minimum atomic E-state index is -0.865. The second kappa shape index (κ2) is 4.23. The third-order valence-corrected chi connectivity index (χ3v) is 2.83. The van der Waals surface area contributed by atoms with E-state index in [4.69, 9.17) is 0 Å². The summed E-state index contributed by atoms with van der Waals surface area (Å²) in [6.07, 6.45) is 2.53. The van der Waals surface area contributed by atoms with Crippen LogP contribution in [-0.4, -0.2) is 18.9 Å². The maximum Gasteiger partial charge on any atom is 0.330 e. The number of nitrogens with zero attached hydrogens (tertiary/aromatic N) is 3. The molecule has 0 bridgehead atoms. The highest BCUT2D eigenvalue weighted by Crippen LogP contribution is 1.91. The van der Waals surface area contributed by atoms with Gasteiger partial charge in [-0.1, -0.05) is 0 Å². The van der Waals surface area contributed by atoms with Crippen LogP contribution in [0.1, 0.15) is 5.56 Å². The van der Waals surface area contributed by atoms with Crippen LogP contribution in [0.5, 0.6) is 0 Å². The van der Waals surface area contributed by atoms with Gasteiger partial charge in [-0.05, 0) is 6.92 Å². The standard InChI is InChI=1S/C11H12N4O4/c1-6-4-12-15(10(18)8(6)16)7-5-13(2)11(19)14(3)9(7)17/h4-5,12H,1-3H3. The maximum absolute atomic E-state index is 12.0. The summed E-state index contributed by atoms with van der Waals surface area (Å²) in [7, 11) is 2.74. The van der Waals surface area contributed by atoms with E-state index in [0.29, 0.717) is 0 Å². The summed E-state index contributed by atoms with van der Waals surface area (Å²) in [6, 6.07) is 0. The van der Waals surface area contributed by atoms with Gasteiger partial charge in [-0.2, -0.15) is 0 Å². The summed E-state index contributed by atoms with van der Waals surface area (Å²) in [4.78, 5) is 46.9. The van der Waals surface area contributed by atoms with E-state index in [1.54, 1.807) is 0 Å². The zero-order chi connectivity index (χ0) is 14.3. The molecule has 0 aliphatic heterocycles. The zero-order valence-corrected chi connectivity index (χ0v) is 10.6. The van der Waals surface area contributed by atoms with Crippen molar-refractivity contribution in [1.29, 1.82) is 0 Å². The zero-order valence-electron chi connectivity index (χ0n) is 10.6. The first kappa shape index (κ1) is 12.8. The van der Waals surface area contributed by atoms with Crippen molar-refractivity contribution in [3.05, 3.63) is 59.4 Å². The fourth-order valence-corrected chi connectivity index (χ4v) is 1.68. The van der Waals surface area contributed by atoms with E-state index in [-0.39, 0.29) is 11.3 Å². The van der Waals surface area contributed by atoms with E-state index in [1.165, 1.54) is 33.4 Å². The second-order valence-electron chi connectivity index (χ2n) is 4.20. The van der Waals surface area contributed by atoms with Crippen LogP contribution >= 0.6 is 0 Å². The normalized spacial score (nSPS) is 10.7. The van der Waals surface area contributed by atoms with Crippen molar-refractivity contribution in [2.24, 2.45) is 14.1 Å². The Bertz CT molecular complexity index is 881. The van der Waals surface area contributed by atoms with Crippen LogP contribution < -0.4 is 22.2 Å². The third kappa shape index (κ3) is 1.86. The monoisotopic (exact) mass is 264 g/mol. The highest BCUT2D eigenvalue weighted by Gasteiger charge is 2.12. The maximum atomic E-state index is 12.0. The Hall–Kier alpha value is -2.64. The van der Waals surface area contributed by atoms with Crippen molar-refractivity contribution >= 4 is 0 Å². The van der Waals surface area contributed by atoms with Crippen molar-refractivity contribution in [2.75, 3.05) is 0 Å². The highest BCUT2D eigenvalue weighted by atomic mass is 16.2. The molecule has 0 aliphatic carbocycles. The Balaban J connectivity index is 2.93. The number of aryl methyl sites for hydroxylation is 2. The van der Waals surface area contributed by atoms with Gasteiger partial charge in [0.25, 0.3) is 5.56 Å². The molecular weight excluding hydrogens is 252 g/mol. The molecule has 0 atom stereocenters. The second-order valence-corrected chi connectivity index (χ2v) is 4.20. The quantitative estimate of drug-likeness (QED) is 0.616. The van der Waals surface area contributed by atoms with Gasteiger partial charge in [0.05, 0.1) is 0 Å². The van der Waals surface area contributed by atoms with Crippen molar-refractivity contribution < 1.29 is 0 Å². The van der Waals surface area contributed by atoms with Crippen LogP contribution in [0, 0.1) is 6.92 Å². The molecule has 0 spiro atoms. The Morgan fingerprint density at radius 3 is 2.32 bits per heavy atom. The lowest BCUT2D eigenvalue weighted by Crippen LogP contribution is -2.43. The van der Waals surface area contributed by atoms with Crippen LogP contribution in [-0.2, 0) is 14.1 Å². The number of H-pyrrole nitrogens is 1. The fourth-order valence-electron chi connectivity index (χ4n) is 1.68. The summed E-state index contributed by atoms with van der Waals surface area (Å²) >= 11 is 0. The van der Waals surface area contributed by atoms with Gasteiger partial charge in [-0.25, -0.2) is 9.48 Å². The number of aromatic nitrogens is 4. The molecule has 2 aromatic rings. The van der Waals surface area contributed by atoms with Gasteiger partial charge in [0.1, 0.15) is 5.69 Å². The van der Waals surface area contributed by atoms with Gasteiger partial charge < -0.3 is 4.57 Å². The molecule has 2 heterocycles. The van der Waals surface area contributed by atoms with Crippen molar-refractivity contribution in [3.63, 3.8) is 0 Å². The lowest BCUT2D eigenvalue weighted by Gasteiger charge is -2.08. The summed E-state index contributed by atoms with van der Waals surface area (Å²) < 4.78 is 2.85. The number of hydrogen-bond donors (Lipinski definition) is 1. The number of aromatic amines is 1. The minimum Gasteiger partial charge on any atom is -0.301 e. The third-order valence-electron chi connectivity index (χ3n) is 2.83. The molecule has 8 nitrogen and oxygen atoms in total. The van der Waals surface area contributed by atoms with Crippen molar-refractivity contribution in [3.8, 4) is 5.69 Å². The number of nitrogens with one attached hydrogen (secondary N) is 1. The summed E-state index contributed by atoms with van der Waals surface area (Å²) in [5.74, 6) is 0. The van der Waals surface area contributed by atoms with Gasteiger partial charge in [0, 0.05) is 32.1 Å². The predicted octanol–water partition coefficient (Wildman–Crippen LogP) is -1.77. The molecule has 0 radical (unpaired) electrons. The Kier molecular flexibility index (Phi) is 2.85. The number of rotatable bonds is 1. The molecule has 0 amide bonds. The SMILES string of the molecule is Cc1c[nH]n(-c2cn(C)c(=O)n(C)c2=O)c(=O)c1=O. The molecule has 19 heavy (non-hydrogen) atoms. The van der Waals surface area contributed by atoms with E-state index >= 15 is 0 Å². The average Bonchev–Trinajstić information content (AvgIpc) is 2.39. The average molecular weight is 264 g/mol. The molecule has 0 unspecified atom stereocenters. The highest BCUT2D eigenvalue weighted by molar-refractivity contribution is 5.24. The molecule has 0 saturated heterocycles. The molecule has 0 aromatic carbocycles. The van der Waals surface area contributed by atoms with E-state index in [2.05, 4.69) is 5.10 Å². The molecule has 100 valence electrons. The first-order chi connectivity index (χ1) is 8.84. The minimum absolute atomic E-state index is 0.0910.